The monoisotopic (exact) mass is 180 g/mol. The van der Waals surface area contributed by atoms with E-state index in [4.69, 9.17) is 0 Å². The van der Waals surface area contributed by atoms with E-state index in [2.05, 4.69) is 27.7 Å². The molecule has 0 bridgehead atoms. The van der Waals surface area contributed by atoms with Gasteiger partial charge in [0.15, 0.2) is 0 Å². The Hall–Kier alpha value is 0.766. The normalized spacial score (nSPS) is 8.00. The maximum absolute atomic E-state index is 3.76. The van der Waals surface area contributed by atoms with Crippen LogP contribution in [0.5, 0.6) is 0 Å². The Balaban J connectivity index is -0.000000142. The molecular formula is C11H24Mg. The predicted octanol–water partition coefficient (Wildman–Crippen LogP) is 4.03. The van der Waals surface area contributed by atoms with E-state index >= 15 is 0 Å². The molecule has 0 fully saturated rings. The van der Waals surface area contributed by atoms with Crippen LogP contribution in [0, 0.1) is 13.8 Å². The first-order valence-corrected chi connectivity index (χ1v) is 4.91. The van der Waals surface area contributed by atoms with Crippen LogP contribution in [0.1, 0.15) is 58.8 Å². The second kappa shape index (κ2) is 22.6. The molecule has 0 aliphatic heterocycles. The second-order valence-corrected chi connectivity index (χ2v) is 2.77. The van der Waals surface area contributed by atoms with Gasteiger partial charge in [0.1, 0.15) is 0 Å². The first-order chi connectivity index (χ1) is 5.33. The number of hydrogen-bond donors (Lipinski definition) is 0. The Morgan fingerprint density at radius 2 is 1.25 bits per heavy atom. The van der Waals surface area contributed by atoms with E-state index in [1.54, 1.807) is 0 Å². The largest absolute Gasteiger partial charge is 2.00 e. The standard InChI is InChI=1S/C7H15.C4H9.Mg/c1-3-5-7-6-4-2;1-3-4-2;/h1,3-7H2,2H3;1,3-4H2,2H3;/q2*-1;+2. The third kappa shape index (κ3) is 30.9. The fourth-order valence-electron chi connectivity index (χ4n) is 0.604. The van der Waals surface area contributed by atoms with E-state index in [1.807, 2.05) is 0 Å². The van der Waals surface area contributed by atoms with Gasteiger partial charge < -0.3 is 13.8 Å². The summed E-state index contributed by atoms with van der Waals surface area (Å²) in [6.07, 6.45) is 8.80. The molecule has 0 aromatic rings. The van der Waals surface area contributed by atoms with Crippen LogP contribution in [-0.2, 0) is 0 Å². The van der Waals surface area contributed by atoms with Gasteiger partial charge in [-0.05, 0) is 0 Å². The van der Waals surface area contributed by atoms with Crippen LogP contribution < -0.4 is 0 Å². The van der Waals surface area contributed by atoms with Crippen molar-refractivity contribution in [2.45, 2.75) is 58.8 Å². The van der Waals surface area contributed by atoms with Crippen molar-refractivity contribution in [2.75, 3.05) is 0 Å². The fraction of sp³-hybridized carbons (Fsp3) is 0.818. The molecule has 0 amide bonds. The van der Waals surface area contributed by atoms with Crippen molar-refractivity contribution in [3.8, 4) is 0 Å². The minimum absolute atomic E-state index is 0. The summed E-state index contributed by atoms with van der Waals surface area (Å²) in [5.41, 5.74) is 0. The molecule has 0 aliphatic carbocycles. The van der Waals surface area contributed by atoms with E-state index in [-0.39, 0.29) is 23.1 Å². The molecule has 0 radical (unpaired) electrons. The molecule has 0 atom stereocenters. The van der Waals surface area contributed by atoms with Gasteiger partial charge in [0.2, 0.25) is 0 Å². The van der Waals surface area contributed by atoms with E-state index < -0.39 is 0 Å². The zero-order valence-electron chi connectivity index (χ0n) is 9.07. The molecule has 70 valence electrons. The summed E-state index contributed by atoms with van der Waals surface area (Å²) >= 11 is 0. The SMILES string of the molecule is [CH2-]CCC.[CH2-]CCCCCC.[Mg+2]. The van der Waals surface area contributed by atoms with Crippen molar-refractivity contribution in [3.63, 3.8) is 0 Å². The minimum Gasteiger partial charge on any atom is -0.343 e. The third-order valence-corrected chi connectivity index (χ3v) is 1.46. The van der Waals surface area contributed by atoms with Gasteiger partial charge in [-0.15, -0.1) is 0 Å². The molecule has 1 heteroatoms. The summed E-state index contributed by atoms with van der Waals surface area (Å²) in [7, 11) is 0. The third-order valence-electron chi connectivity index (χ3n) is 1.46. The number of unbranched alkanes of at least 4 members (excludes halogenated alkanes) is 5. The molecule has 0 aliphatic rings. The van der Waals surface area contributed by atoms with Crippen LogP contribution in [0.3, 0.4) is 0 Å². The van der Waals surface area contributed by atoms with Gasteiger partial charge in [0.25, 0.3) is 0 Å². The molecule has 0 unspecified atom stereocenters. The maximum atomic E-state index is 3.76. The molecule has 0 rings (SSSR count). The minimum atomic E-state index is 0. The second-order valence-electron chi connectivity index (χ2n) is 2.77. The predicted molar refractivity (Wildman–Crippen MR) is 60.1 cm³/mol. The first kappa shape index (κ1) is 18.5. The smallest absolute Gasteiger partial charge is 0.343 e. The zero-order valence-corrected chi connectivity index (χ0v) is 10.5. The Morgan fingerprint density at radius 1 is 0.750 bits per heavy atom. The summed E-state index contributed by atoms with van der Waals surface area (Å²) in [5, 5.41) is 0. The van der Waals surface area contributed by atoms with Crippen molar-refractivity contribution in [1.29, 1.82) is 0 Å². The molecule has 12 heavy (non-hydrogen) atoms. The topological polar surface area (TPSA) is 0 Å². The van der Waals surface area contributed by atoms with Gasteiger partial charge in [-0.2, -0.15) is 12.8 Å². The Bertz CT molecular complexity index is 38.3. The van der Waals surface area contributed by atoms with Crippen LogP contribution >= 0.6 is 0 Å². The van der Waals surface area contributed by atoms with Crippen LogP contribution in [-0.4, -0.2) is 23.1 Å². The Morgan fingerprint density at radius 3 is 1.50 bits per heavy atom. The molecule has 0 aromatic heterocycles. The van der Waals surface area contributed by atoms with Crippen LogP contribution in [0.2, 0.25) is 0 Å². The molecule has 0 spiro atoms. The molecular weight excluding hydrogens is 156 g/mol. The summed E-state index contributed by atoms with van der Waals surface area (Å²) in [6, 6.07) is 0. The summed E-state index contributed by atoms with van der Waals surface area (Å²) < 4.78 is 0. The first-order valence-electron chi connectivity index (χ1n) is 4.91. The Kier molecular flexibility index (Phi) is 34.9. The summed E-state index contributed by atoms with van der Waals surface area (Å²) in [5.74, 6) is 0. The van der Waals surface area contributed by atoms with Crippen molar-refractivity contribution in [1.82, 2.24) is 0 Å². The quantitative estimate of drug-likeness (QED) is 0.340. The van der Waals surface area contributed by atoms with Gasteiger partial charge in [-0.25, -0.2) is 0 Å². The van der Waals surface area contributed by atoms with Gasteiger partial charge in [-0.1, -0.05) is 46.0 Å². The molecule has 0 saturated heterocycles. The summed E-state index contributed by atoms with van der Waals surface area (Å²) in [4.78, 5) is 0. The Labute approximate surface area is 95.7 Å². The van der Waals surface area contributed by atoms with Crippen molar-refractivity contribution in [3.05, 3.63) is 13.8 Å². The molecule has 0 saturated carbocycles. The fourth-order valence-corrected chi connectivity index (χ4v) is 0.604. The average Bonchev–Trinajstić information content (AvgIpc) is 2.06. The number of rotatable bonds is 5. The zero-order chi connectivity index (χ0) is 8.95. The molecule has 0 heterocycles. The maximum Gasteiger partial charge on any atom is 2.00 e. The molecule has 0 N–H and O–H groups in total. The van der Waals surface area contributed by atoms with Crippen LogP contribution in [0.25, 0.3) is 0 Å². The van der Waals surface area contributed by atoms with Crippen molar-refractivity contribution in [2.24, 2.45) is 0 Å². The summed E-state index contributed by atoms with van der Waals surface area (Å²) in [6.45, 7) is 11.7. The number of hydrogen-bond acceptors (Lipinski definition) is 0. The molecule has 0 aromatic carbocycles. The van der Waals surface area contributed by atoms with Gasteiger partial charge >= 0.3 is 23.1 Å². The van der Waals surface area contributed by atoms with Crippen molar-refractivity contribution < 1.29 is 0 Å². The van der Waals surface area contributed by atoms with E-state index in [0.717, 1.165) is 12.8 Å². The van der Waals surface area contributed by atoms with Gasteiger partial charge in [-0.3, -0.25) is 0 Å². The van der Waals surface area contributed by atoms with E-state index in [9.17, 15) is 0 Å². The van der Waals surface area contributed by atoms with Crippen LogP contribution in [0.15, 0.2) is 0 Å². The van der Waals surface area contributed by atoms with Gasteiger partial charge in [0.05, 0.1) is 0 Å². The van der Waals surface area contributed by atoms with Crippen LogP contribution in [0.4, 0.5) is 0 Å². The average molecular weight is 181 g/mol. The van der Waals surface area contributed by atoms with Gasteiger partial charge in [0, 0.05) is 0 Å². The molecule has 0 nitrogen and oxygen atoms in total. The van der Waals surface area contributed by atoms with E-state index in [0.29, 0.717) is 0 Å². The van der Waals surface area contributed by atoms with Crippen molar-refractivity contribution >= 4 is 23.1 Å². The van der Waals surface area contributed by atoms with E-state index in [1.165, 1.54) is 32.1 Å².